The molecule has 0 bridgehead atoms. The average molecular weight is 297 g/mol. The highest BCUT2D eigenvalue weighted by atomic mass is 16.5. The Morgan fingerprint density at radius 1 is 1.24 bits per heavy atom. The maximum atomic E-state index is 12.4. The molecule has 122 valence electrons. The highest BCUT2D eigenvalue weighted by molar-refractivity contribution is 5.74. The van der Waals surface area contributed by atoms with Crippen LogP contribution in [0.5, 0.6) is 0 Å². The molecule has 0 aliphatic carbocycles. The van der Waals surface area contributed by atoms with Crippen LogP contribution in [0.25, 0.3) is 0 Å². The van der Waals surface area contributed by atoms with Gasteiger partial charge in [-0.1, -0.05) is 0 Å². The molecule has 1 unspecified atom stereocenters. The Bertz CT molecular complexity index is 376. The monoisotopic (exact) mass is 297 g/mol. The molecule has 2 amide bonds. The lowest BCUT2D eigenvalue weighted by molar-refractivity contribution is -0.0758. The summed E-state index contributed by atoms with van der Waals surface area (Å²) < 4.78 is 6.27. The molecule has 2 rings (SSSR count). The van der Waals surface area contributed by atoms with Crippen molar-refractivity contribution in [2.75, 3.05) is 26.7 Å². The van der Waals surface area contributed by atoms with E-state index in [1.54, 1.807) is 0 Å². The first-order valence-electron chi connectivity index (χ1n) is 8.21. The zero-order chi connectivity index (χ0) is 15.8. The Hall–Kier alpha value is -0.810. The van der Waals surface area contributed by atoms with Gasteiger partial charge in [0.1, 0.15) is 6.23 Å². The first kappa shape index (κ1) is 16.6. The Kier molecular flexibility index (Phi) is 4.83. The maximum absolute atomic E-state index is 12.4. The molecule has 2 aliphatic rings. The number of hydrogen-bond donors (Lipinski definition) is 0. The number of hydrogen-bond acceptors (Lipinski definition) is 3. The minimum atomic E-state index is -0.0448. The molecule has 0 aromatic rings. The molecule has 2 aliphatic heterocycles. The van der Waals surface area contributed by atoms with Gasteiger partial charge >= 0.3 is 6.03 Å². The molecule has 2 saturated heterocycles. The van der Waals surface area contributed by atoms with E-state index in [-0.39, 0.29) is 23.9 Å². The summed E-state index contributed by atoms with van der Waals surface area (Å²) in [5.41, 5.74) is -0.0448. The van der Waals surface area contributed by atoms with Crippen LogP contribution in [-0.4, -0.2) is 71.3 Å². The average Bonchev–Trinajstić information content (AvgIpc) is 2.75. The predicted octanol–water partition coefficient (Wildman–Crippen LogP) is 2.37. The third kappa shape index (κ3) is 3.34. The number of amides is 2. The fourth-order valence-electron chi connectivity index (χ4n) is 3.36. The van der Waals surface area contributed by atoms with Crippen LogP contribution in [0.3, 0.4) is 0 Å². The zero-order valence-electron chi connectivity index (χ0n) is 14.4. The van der Waals surface area contributed by atoms with Crippen molar-refractivity contribution >= 4 is 6.03 Å². The quantitative estimate of drug-likeness (QED) is 0.785. The van der Waals surface area contributed by atoms with Crippen LogP contribution < -0.4 is 0 Å². The van der Waals surface area contributed by atoms with Crippen molar-refractivity contribution in [2.24, 2.45) is 0 Å². The topological polar surface area (TPSA) is 36.0 Å². The first-order valence-corrected chi connectivity index (χ1v) is 8.21. The smallest absolute Gasteiger partial charge is 0.319 e. The summed E-state index contributed by atoms with van der Waals surface area (Å²) in [4.78, 5) is 18.6. The Morgan fingerprint density at radius 3 is 2.24 bits per heavy atom. The Morgan fingerprint density at radius 2 is 1.81 bits per heavy atom. The highest BCUT2D eigenvalue weighted by Gasteiger charge is 2.46. The van der Waals surface area contributed by atoms with Gasteiger partial charge in [-0.25, -0.2) is 4.79 Å². The van der Waals surface area contributed by atoms with Crippen LogP contribution in [0.1, 0.15) is 47.5 Å². The second kappa shape index (κ2) is 6.13. The van der Waals surface area contributed by atoms with Crippen molar-refractivity contribution in [3.05, 3.63) is 0 Å². The zero-order valence-corrected chi connectivity index (χ0v) is 14.4. The van der Waals surface area contributed by atoms with Crippen molar-refractivity contribution < 1.29 is 9.53 Å². The lowest BCUT2D eigenvalue weighted by atomic mass is 9.91. The van der Waals surface area contributed by atoms with E-state index in [1.807, 2.05) is 30.7 Å². The lowest BCUT2D eigenvalue weighted by Gasteiger charge is -2.40. The molecule has 0 radical (unpaired) electrons. The number of urea groups is 1. The van der Waals surface area contributed by atoms with Gasteiger partial charge in [-0.05, 0) is 47.5 Å². The van der Waals surface area contributed by atoms with E-state index in [0.29, 0.717) is 6.04 Å². The lowest BCUT2D eigenvalue weighted by Crippen LogP contribution is -2.52. The van der Waals surface area contributed by atoms with Gasteiger partial charge < -0.3 is 14.5 Å². The summed E-state index contributed by atoms with van der Waals surface area (Å²) in [5, 5.41) is 0. The van der Waals surface area contributed by atoms with Crippen LogP contribution in [-0.2, 0) is 4.74 Å². The van der Waals surface area contributed by atoms with E-state index >= 15 is 0 Å². The molecule has 0 aromatic heterocycles. The van der Waals surface area contributed by atoms with Gasteiger partial charge in [-0.3, -0.25) is 4.90 Å². The van der Waals surface area contributed by atoms with Crippen LogP contribution >= 0.6 is 0 Å². The van der Waals surface area contributed by atoms with Crippen LogP contribution in [0.15, 0.2) is 0 Å². The van der Waals surface area contributed by atoms with Crippen molar-refractivity contribution in [1.29, 1.82) is 0 Å². The summed E-state index contributed by atoms with van der Waals surface area (Å²) in [7, 11) is 1.88. The molecule has 5 nitrogen and oxygen atoms in total. The molecular weight excluding hydrogens is 266 g/mol. The fourth-order valence-corrected chi connectivity index (χ4v) is 3.36. The molecular formula is C16H31N3O2. The molecule has 0 saturated carbocycles. The summed E-state index contributed by atoms with van der Waals surface area (Å²) in [5.74, 6) is 0. The van der Waals surface area contributed by atoms with Gasteiger partial charge in [0, 0.05) is 38.8 Å². The second-order valence-electron chi connectivity index (χ2n) is 7.14. The van der Waals surface area contributed by atoms with Crippen molar-refractivity contribution in [2.45, 2.75) is 71.4 Å². The standard InChI is InChI=1S/C16H31N3O2/c1-12(2)17(6)15(20)18-9-7-16(8-10-18)11-19(13(3)4)14(5)21-16/h12-14H,7-11H2,1-6H3. The van der Waals surface area contributed by atoms with E-state index in [2.05, 4.69) is 25.7 Å². The van der Waals surface area contributed by atoms with E-state index in [4.69, 9.17) is 4.74 Å². The largest absolute Gasteiger partial charge is 0.356 e. The summed E-state index contributed by atoms with van der Waals surface area (Å²) >= 11 is 0. The maximum Gasteiger partial charge on any atom is 0.319 e. The first-order chi connectivity index (χ1) is 9.76. The van der Waals surface area contributed by atoms with Crippen LogP contribution in [0.2, 0.25) is 0 Å². The normalized spacial score (nSPS) is 26.1. The van der Waals surface area contributed by atoms with Gasteiger partial charge in [-0.15, -0.1) is 0 Å². The molecule has 1 atom stereocenters. The number of rotatable bonds is 2. The number of likely N-dealkylation sites (tertiary alicyclic amines) is 1. The van der Waals surface area contributed by atoms with E-state index in [9.17, 15) is 4.79 Å². The molecule has 5 heteroatoms. The molecule has 21 heavy (non-hydrogen) atoms. The van der Waals surface area contributed by atoms with Crippen molar-refractivity contribution in [1.82, 2.24) is 14.7 Å². The summed E-state index contributed by atoms with van der Waals surface area (Å²) in [6, 6.07) is 0.894. The summed E-state index contributed by atoms with van der Waals surface area (Å²) in [6.07, 6.45) is 2.07. The molecule has 2 fully saturated rings. The Labute approximate surface area is 129 Å². The van der Waals surface area contributed by atoms with E-state index in [1.165, 1.54) is 0 Å². The second-order valence-corrected chi connectivity index (χ2v) is 7.14. The Balaban J connectivity index is 1.93. The highest BCUT2D eigenvalue weighted by Crippen LogP contribution is 2.36. The molecule has 0 aromatic carbocycles. The third-order valence-corrected chi connectivity index (χ3v) is 5.04. The van der Waals surface area contributed by atoms with Crippen molar-refractivity contribution in [3.8, 4) is 0 Å². The van der Waals surface area contributed by atoms with Gasteiger partial charge in [-0.2, -0.15) is 0 Å². The number of carbonyl (C=O) groups is 1. The molecule has 2 heterocycles. The van der Waals surface area contributed by atoms with Crippen LogP contribution in [0.4, 0.5) is 4.79 Å². The fraction of sp³-hybridized carbons (Fsp3) is 0.938. The molecule has 1 spiro atoms. The van der Waals surface area contributed by atoms with Gasteiger partial charge in [0.05, 0.1) is 5.60 Å². The van der Waals surface area contributed by atoms with Crippen LogP contribution in [0, 0.1) is 0 Å². The molecule has 0 N–H and O–H groups in total. The minimum absolute atomic E-state index is 0.0448. The van der Waals surface area contributed by atoms with Gasteiger partial charge in [0.25, 0.3) is 0 Å². The number of nitrogens with zero attached hydrogens (tertiary/aromatic N) is 3. The van der Waals surface area contributed by atoms with E-state index in [0.717, 1.165) is 32.5 Å². The SMILES string of the molecule is CC(C)N(C)C(=O)N1CCC2(CC1)CN(C(C)C)C(C)O2. The predicted molar refractivity (Wildman–Crippen MR) is 84.2 cm³/mol. The summed E-state index contributed by atoms with van der Waals surface area (Å²) in [6.45, 7) is 13.3. The van der Waals surface area contributed by atoms with Crippen molar-refractivity contribution in [3.63, 3.8) is 0 Å². The number of ether oxygens (including phenoxy) is 1. The van der Waals surface area contributed by atoms with Gasteiger partial charge in [0.2, 0.25) is 0 Å². The van der Waals surface area contributed by atoms with Gasteiger partial charge in [0.15, 0.2) is 0 Å². The number of piperidine rings is 1. The minimum Gasteiger partial charge on any atom is -0.356 e. The number of carbonyl (C=O) groups excluding carboxylic acids is 1. The van der Waals surface area contributed by atoms with E-state index < -0.39 is 0 Å². The third-order valence-electron chi connectivity index (χ3n) is 5.04.